The van der Waals surface area contributed by atoms with E-state index in [-0.39, 0.29) is 11.5 Å². The van der Waals surface area contributed by atoms with E-state index < -0.39 is 5.97 Å². The largest absolute Gasteiger partial charge is 0.422 e. The lowest BCUT2D eigenvalue weighted by Crippen LogP contribution is -2.14. The molecule has 32 heavy (non-hydrogen) atoms. The van der Waals surface area contributed by atoms with Gasteiger partial charge >= 0.3 is 5.97 Å². The van der Waals surface area contributed by atoms with Gasteiger partial charge in [0.15, 0.2) is 5.78 Å². The quantitative estimate of drug-likeness (QED) is 0.212. The van der Waals surface area contributed by atoms with Crippen LogP contribution in [0.4, 0.5) is 0 Å². The molecule has 4 nitrogen and oxygen atoms in total. The van der Waals surface area contributed by atoms with Crippen LogP contribution in [0.25, 0.3) is 22.2 Å². The summed E-state index contributed by atoms with van der Waals surface area (Å²) in [6, 6.07) is 18.9. The van der Waals surface area contributed by atoms with Gasteiger partial charge in [0, 0.05) is 10.9 Å². The van der Waals surface area contributed by atoms with E-state index in [4.69, 9.17) is 9.72 Å². The molecule has 4 heteroatoms. The maximum absolute atomic E-state index is 13.5. The van der Waals surface area contributed by atoms with Gasteiger partial charge in [0.2, 0.25) is 0 Å². The second-order valence-corrected chi connectivity index (χ2v) is 8.25. The van der Waals surface area contributed by atoms with Crippen LogP contribution < -0.4 is 4.74 Å². The molecule has 0 saturated carbocycles. The van der Waals surface area contributed by atoms with Crippen molar-refractivity contribution in [3.8, 4) is 17.0 Å². The summed E-state index contributed by atoms with van der Waals surface area (Å²) in [5, 5.41) is 0.751. The number of nitrogens with zero attached hydrogens (tertiary/aromatic N) is 1. The number of aromatic nitrogens is 1. The Kier molecular flexibility index (Phi) is 5.62. The highest BCUT2D eigenvalue weighted by molar-refractivity contribution is 6.08. The predicted octanol–water partition coefficient (Wildman–Crippen LogP) is 6.56. The molecule has 0 saturated heterocycles. The normalized spacial score (nSPS) is 10.9. The van der Waals surface area contributed by atoms with Crippen LogP contribution in [0.3, 0.4) is 0 Å². The number of para-hydroxylation sites is 1. The van der Waals surface area contributed by atoms with Crippen molar-refractivity contribution in [3.05, 3.63) is 94.0 Å². The highest BCUT2D eigenvalue weighted by Gasteiger charge is 2.23. The third-order valence-corrected chi connectivity index (χ3v) is 5.67. The fraction of sp³-hybridized carbons (Fsp3) is 0.179. The summed E-state index contributed by atoms with van der Waals surface area (Å²) >= 11 is 0. The van der Waals surface area contributed by atoms with E-state index in [1.165, 1.54) is 6.92 Å². The zero-order valence-corrected chi connectivity index (χ0v) is 18.9. The van der Waals surface area contributed by atoms with Gasteiger partial charge in [-0.2, -0.15) is 0 Å². The van der Waals surface area contributed by atoms with Gasteiger partial charge in [0.1, 0.15) is 5.75 Å². The maximum Gasteiger partial charge on any atom is 0.344 e. The van der Waals surface area contributed by atoms with Crippen molar-refractivity contribution in [2.75, 3.05) is 0 Å². The molecule has 0 N–H and O–H groups in total. The summed E-state index contributed by atoms with van der Waals surface area (Å²) in [4.78, 5) is 30.5. The maximum atomic E-state index is 13.5. The molecule has 160 valence electrons. The van der Waals surface area contributed by atoms with Gasteiger partial charge in [-0.1, -0.05) is 53.6 Å². The van der Waals surface area contributed by atoms with E-state index >= 15 is 0 Å². The first kappa shape index (κ1) is 21.4. The number of pyridine rings is 1. The number of ketones is 1. The first-order valence-corrected chi connectivity index (χ1v) is 10.6. The number of ether oxygens (including phenoxy) is 1. The van der Waals surface area contributed by atoms with Crippen molar-refractivity contribution in [3.63, 3.8) is 0 Å². The van der Waals surface area contributed by atoms with Crippen LogP contribution in [0.2, 0.25) is 0 Å². The van der Waals surface area contributed by atoms with E-state index in [1.54, 1.807) is 24.3 Å². The molecule has 0 bridgehead atoms. The summed E-state index contributed by atoms with van der Waals surface area (Å²) in [5.41, 5.74) is 7.23. The van der Waals surface area contributed by atoms with Crippen LogP contribution in [0.1, 0.15) is 49.9 Å². The van der Waals surface area contributed by atoms with Crippen LogP contribution in [-0.2, 0) is 0 Å². The Hall–Kier alpha value is -3.79. The number of aryl methyl sites for hydroxylation is 3. The fourth-order valence-corrected chi connectivity index (χ4v) is 4.07. The van der Waals surface area contributed by atoms with Crippen LogP contribution >= 0.6 is 0 Å². The number of carbonyl (C=O) groups is 2. The molecule has 4 rings (SSSR count). The van der Waals surface area contributed by atoms with E-state index in [1.807, 2.05) is 58.0 Å². The number of benzene rings is 3. The van der Waals surface area contributed by atoms with Gasteiger partial charge in [-0.15, -0.1) is 0 Å². The average Bonchev–Trinajstić information content (AvgIpc) is 2.74. The van der Waals surface area contributed by atoms with Crippen LogP contribution in [-0.4, -0.2) is 16.7 Å². The number of fused-ring (bicyclic) bond motifs is 1. The first-order chi connectivity index (χ1) is 15.3. The molecule has 1 heterocycles. The Balaban J connectivity index is 1.95. The summed E-state index contributed by atoms with van der Waals surface area (Å²) in [5.74, 6) is -0.394. The molecule has 0 amide bonds. The van der Waals surface area contributed by atoms with Crippen LogP contribution in [0.5, 0.6) is 5.75 Å². The fourth-order valence-electron chi connectivity index (χ4n) is 4.07. The molecule has 0 spiro atoms. The standard InChI is InChI=1S/C28H25NO3/c1-16-10-12-21(13-11-16)27-19(4)25(23-15-17(2)14-18(3)26(23)29-27)28(31)32-24-9-7-6-8-22(24)20(5)30/h6-15H,1-5H3. The Morgan fingerprint density at radius 3 is 2.22 bits per heavy atom. The predicted molar refractivity (Wildman–Crippen MR) is 128 cm³/mol. The number of esters is 1. The number of hydrogen-bond acceptors (Lipinski definition) is 4. The number of rotatable bonds is 4. The third kappa shape index (κ3) is 3.92. The molecule has 0 aliphatic rings. The molecule has 0 fully saturated rings. The monoisotopic (exact) mass is 423 g/mol. The van der Waals surface area contributed by atoms with Crippen LogP contribution in [0, 0.1) is 27.7 Å². The van der Waals surface area contributed by atoms with E-state index in [0.29, 0.717) is 11.1 Å². The topological polar surface area (TPSA) is 56.3 Å². The Labute approximate surface area is 187 Å². The lowest BCUT2D eigenvalue weighted by Gasteiger charge is -2.16. The van der Waals surface area contributed by atoms with Crippen molar-refractivity contribution in [1.82, 2.24) is 4.98 Å². The smallest absolute Gasteiger partial charge is 0.344 e. The Morgan fingerprint density at radius 1 is 0.844 bits per heavy atom. The summed E-state index contributed by atoms with van der Waals surface area (Å²) in [7, 11) is 0. The van der Waals surface area contributed by atoms with Crippen molar-refractivity contribution in [2.24, 2.45) is 0 Å². The van der Waals surface area contributed by atoms with E-state index in [2.05, 4.69) is 6.07 Å². The average molecular weight is 424 g/mol. The first-order valence-electron chi connectivity index (χ1n) is 10.6. The SMILES string of the molecule is CC(=O)c1ccccc1OC(=O)c1c(C)c(-c2ccc(C)cc2)nc2c(C)cc(C)cc12. The number of hydrogen-bond donors (Lipinski definition) is 0. The zero-order chi connectivity index (χ0) is 23.0. The Bertz CT molecular complexity index is 1370. The van der Waals surface area contributed by atoms with E-state index in [9.17, 15) is 9.59 Å². The van der Waals surface area contributed by atoms with Gasteiger partial charge in [-0.05, 0) is 63.9 Å². The number of carbonyl (C=O) groups excluding carboxylic acids is 2. The van der Waals surface area contributed by atoms with Gasteiger partial charge in [0.25, 0.3) is 0 Å². The minimum absolute atomic E-state index is 0.156. The summed E-state index contributed by atoms with van der Waals surface area (Å²) < 4.78 is 5.78. The van der Waals surface area contributed by atoms with Crippen LogP contribution in [0.15, 0.2) is 60.7 Å². The summed E-state index contributed by atoms with van der Waals surface area (Å²) in [6.45, 7) is 9.38. The lowest BCUT2D eigenvalue weighted by atomic mass is 9.95. The van der Waals surface area contributed by atoms with Crippen molar-refractivity contribution in [1.29, 1.82) is 0 Å². The molecule has 0 atom stereocenters. The minimum atomic E-state index is -0.498. The van der Waals surface area contributed by atoms with Gasteiger partial charge in [-0.25, -0.2) is 9.78 Å². The van der Waals surface area contributed by atoms with Crippen molar-refractivity contribution >= 4 is 22.7 Å². The third-order valence-electron chi connectivity index (χ3n) is 5.67. The molecular weight excluding hydrogens is 398 g/mol. The van der Waals surface area contributed by atoms with Gasteiger partial charge in [0.05, 0.1) is 22.3 Å². The zero-order valence-electron chi connectivity index (χ0n) is 18.9. The molecule has 0 aliphatic heterocycles. The lowest BCUT2D eigenvalue weighted by molar-refractivity contribution is 0.0734. The molecule has 0 radical (unpaired) electrons. The summed E-state index contributed by atoms with van der Waals surface area (Å²) in [6.07, 6.45) is 0. The van der Waals surface area contributed by atoms with Gasteiger partial charge in [-0.3, -0.25) is 4.79 Å². The Morgan fingerprint density at radius 2 is 1.53 bits per heavy atom. The number of Topliss-reactive ketones (excluding diaryl/α,β-unsaturated/α-hetero) is 1. The molecular formula is C28H25NO3. The second kappa shape index (κ2) is 8.39. The molecule has 0 aliphatic carbocycles. The second-order valence-electron chi connectivity index (χ2n) is 8.25. The molecule has 0 unspecified atom stereocenters. The highest BCUT2D eigenvalue weighted by atomic mass is 16.5. The van der Waals surface area contributed by atoms with Gasteiger partial charge < -0.3 is 4.74 Å². The molecule has 4 aromatic rings. The van der Waals surface area contributed by atoms with Crippen molar-refractivity contribution in [2.45, 2.75) is 34.6 Å². The van der Waals surface area contributed by atoms with Crippen molar-refractivity contribution < 1.29 is 14.3 Å². The molecule has 3 aromatic carbocycles. The highest BCUT2D eigenvalue weighted by Crippen LogP contribution is 2.33. The molecule has 1 aromatic heterocycles. The van der Waals surface area contributed by atoms with E-state index in [0.717, 1.165) is 44.4 Å². The minimum Gasteiger partial charge on any atom is -0.422 e.